The van der Waals surface area contributed by atoms with Gasteiger partial charge in [-0.25, -0.2) is 0 Å². The highest BCUT2D eigenvalue weighted by Gasteiger charge is 2.26. The molecule has 0 aliphatic rings. The topological polar surface area (TPSA) is 95.9 Å². The Morgan fingerprint density at radius 3 is 2.37 bits per heavy atom. The minimum Gasteiger partial charge on any atom is -0.480 e. The van der Waals surface area contributed by atoms with E-state index in [9.17, 15) is 4.79 Å². The van der Waals surface area contributed by atoms with Gasteiger partial charge < -0.3 is 16.0 Å². The number of benzene rings is 1. The fraction of sp³-hybridized carbons (Fsp3) is 0.385. The van der Waals surface area contributed by atoms with Gasteiger partial charge in [-0.1, -0.05) is 49.7 Å². The molecule has 6 heteroatoms. The number of aliphatic carboxylic acids is 1. The number of nitrogens with zero attached hydrogens (tertiary/aromatic N) is 1. The molecular weight excluding hydrogens is 268 g/mol. The van der Waals surface area contributed by atoms with Crippen LogP contribution < -0.4 is 5.73 Å². The number of oxime groups is 1. The van der Waals surface area contributed by atoms with E-state index >= 15 is 0 Å². The highest BCUT2D eigenvalue weighted by Crippen LogP contribution is 2.16. The normalized spacial score (nSPS) is 12.7. The lowest BCUT2D eigenvalue weighted by Gasteiger charge is -2.22. The van der Waals surface area contributed by atoms with Gasteiger partial charge in [-0.2, -0.15) is 0 Å². The zero-order chi connectivity index (χ0) is 15.1. The third-order valence-electron chi connectivity index (χ3n) is 2.25. The Bertz CT molecular complexity index is 442. The molecule has 1 rings (SSSR count). The van der Waals surface area contributed by atoms with Gasteiger partial charge in [-0.15, -0.1) is 0 Å². The van der Waals surface area contributed by atoms with E-state index in [-0.39, 0.29) is 5.41 Å². The van der Waals surface area contributed by atoms with Gasteiger partial charge in [0.1, 0.15) is 6.04 Å². The Hall–Kier alpha value is -1.59. The average molecular weight is 287 g/mol. The Morgan fingerprint density at radius 1 is 1.47 bits per heavy atom. The Labute approximate surface area is 117 Å². The maximum atomic E-state index is 10.2. The van der Waals surface area contributed by atoms with E-state index in [0.29, 0.717) is 5.02 Å². The van der Waals surface area contributed by atoms with Gasteiger partial charge in [-0.05, 0) is 23.1 Å². The van der Waals surface area contributed by atoms with Crippen molar-refractivity contribution in [1.82, 2.24) is 0 Å². The SMILES string of the molecule is CC(C)(C)[C@H](N)C(=O)O.ON=Cc1cccc(Cl)c1. The van der Waals surface area contributed by atoms with E-state index < -0.39 is 12.0 Å². The number of halogens is 1. The van der Waals surface area contributed by atoms with Gasteiger partial charge in [0.25, 0.3) is 0 Å². The molecule has 19 heavy (non-hydrogen) atoms. The molecule has 1 aromatic carbocycles. The summed E-state index contributed by atoms with van der Waals surface area (Å²) < 4.78 is 0. The Kier molecular flexibility index (Phi) is 7.11. The van der Waals surface area contributed by atoms with E-state index in [1.807, 2.05) is 0 Å². The van der Waals surface area contributed by atoms with Crippen LogP contribution in [0.15, 0.2) is 29.4 Å². The zero-order valence-corrected chi connectivity index (χ0v) is 11.9. The molecule has 1 aromatic rings. The number of hydrogen-bond donors (Lipinski definition) is 3. The molecule has 4 N–H and O–H groups in total. The first-order chi connectivity index (χ1) is 8.68. The zero-order valence-electron chi connectivity index (χ0n) is 11.2. The fourth-order valence-corrected chi connectivity index (χ4v) is 1.22. The first-order valence-corrected chi connectivity index (χ1v) is 5.97. The predicted molar refractivity (Wildman–Crippen MR) is 75.9 cm³/mol. The maximum Gasteiger partial charge on any atom is 0.321 e. The van der Waals surface area contributed by atoms with E-state index in [4.69, 9.17) is 27.6 Å². The van der Waals surface area contributed by atoms with Gasteiger partial charge in [0.15, 0.2) is 0 Å². The summed E-state index contributed by atoms with van der Waals surface area (Å²) in [4.78, 5) is 10.2. The van der Waals surface area contributed by atoms with Gasteiger partial charge in [-0.3, -0.25) is 4.79 Å². The largest absolute Gasteiger partial charge is 0.480 e. The summed E-state index contributed by atoms with van der Waals surface area (Å²) >= 11 is 5.64. The van der Waals surface area contributed by atoms with Crippen molar-refractivity contribution in [2.75, 3.05) is 0 Å². The van der Waals surface area contributed by atoms with Crippen molar-refractivity contribution in [3.05, 3.63) is 34.9 Å². The first-order valence-electron chi connectivity index (χ1n) is 5.60. The lowest BCUT2D eigenvalue weighted by Crippen LogP contribution is -2.41. The Morgan fingerprint density at radius 2 is 2.05 bits per heavy atom. The van der Waals surface area contributed by atoms with Crippen LogP contribution in [0.4, 0.5) is 0 Å². The molecule has 0 radical (unpaired) electrons. The third kappa shape index (κ3) is 7.43. The standard InChI is InChI=1S/C7H6ClNO.C6H13NO2/c8-7-3-1-2-6(4-7)5-9-10;1-6(2,3)4(7)5(8)9/h1-5,10H;4H,7H2,1-3H3,(H,8,9)/t;4-/m.1/s1. The van der Waals surface area contributed by atoms with Crippen molar-refractivity contribution in [3.63, 3.8) is 0 Å². The van der Waals surface area contributed by atoms with Crippen LogP contribution in [0, 0.1) is 5.41 Å². The number of carboxylic acids is 1. The van der Waals surface area contributed by atoms with E-state index in [1.165, 1.54) is 6.21 Å². The fourth-order valence-electron chi connectivity index (χ4n) is 1.02. The minimum absolute atomic E-state index is 0.341. The molecule has 0 heterocycles. The second kappa shape index (κ2) is 7.76. The molecule has 0 saturated heterocycles. The van der Waals surface area contributed by atoms with Crippen LogP contribution in [0.5, 0.6) is 0 Å². The summed E-state index contributed by atoms with van der Waals surface area (Å²) in [5.74, 6) is -0.942. The van der Waals surface area contributed by atoms with E-state index in [1.54, 1.807) is 45.0 Å². The lowest BCUT2D eigenvalue weighted by atomic mass is 9.88. The van der Waals surface area contributed by atoms with Crippen molar-refractivity contribution in [2.45, 2.75) is 26.8 Å². The van der Waals surface area contributed by atoms with Crippen LogP contribution in [0.3, 0.4) is 0 Å². The molecule has 1 atom stereocenters. The molecule has 0 bridgehead atoms. The molecule has 0 unspecified atom stereocenters. The lowest BCUT2D eigenvalue weighted by molar-refractivity contribution is -0.141. The molecule has 106 valence electrons. The number of hydrogen-bond acceptors (Lipinski definition) is 4. The summed E-state index contributed by atoms with van der Waals surface area (Å²) in [7, 11) is 0. The quantitative estimate of drug-likeness (QED) is 0.442. The number of carboxylic acid groups (broad SMARTS) is 1. The van der Waals surface area contributed by atoms with Crippen LogP contribution in [0.25, 0.3) is 0 Å². The van der Waals surface area contributed by atoms with Crippen LogP contribution in [-0.2, 0) is 4.79 Å². The van der Waals surface area contributed by atoms with Crippen LogP contribution in [0.1, 0.15) is 26.3 Å². The smallest absolute Gasteiger partial charge is 0.321 e. The second-order valence-electron chi connectivity index (χ2n) is 4.98. The summed E-state index contributed by atoms with van der Waals surface area (Å²) in [6, 6.07) is 6.29. The summed E-state index contributed by atoms with van der Waals surface area (Å²) in [6.07, 6.45) is 1.33. The average Bonchev–Trinajstić information content (AvgIpc) is 2.28. The predicted octanol–water partition coefficient (Wildman–Crippen LogP) is 2.59. The Balaban J connectivity index is 0.000000344. The van der Waals surface area contributed by atoms with Crippen molar-refractivity contribution in [1.29, 1.82) is 0 Å². The minimum atomic E-state index is -0.942. The van der Waals surface area contributed by atoms with Crippen LogP contribution >= 0.6 is 11.6 Å². The maximum absolute atomic E-state index is 10.2. The molecule has 0 saturated carbocycles. The number of carbonyl (C=O) groups is 1. The van der Waals surface area contributed by atoms with E-state index in [0.717, 1.165) is 5.56 Å². The summed E-state index contributed by atoms with van der Waals surface area (Å²) in [6.45, 7) is 5.39. The molecular formula is C13H19ClN2O3. The first kappa shape index (κ1) is 17.4. The highest BCUT2D eigenvalue weighted by molar-refractivity contribution is 6.30. The van der Waals surface area contributed by atoms with Gasteiger partial charge in [0.2, 0.25) is 0 Å². The highest BCUT2D eigenvalue weighted by atomic mass is 35.5. The molecule has 5 nitrogen and oxygen atoms in total. The molecule has 0 aliphatic heterocycles. The van der Waals surface area contributed by atoms with Crippen molar-refractivity contribution in [2.24, 2.45) is 16.3 Å². The van der Waals surface area contributed by atoms with Crippen LogP contribution in [-0.4, -0.2) is 28.5 Å². The molecule has 0 aliphatic carbocycles. The van der Waals surface area contributed by atoms with Crippen molar-refractivity contribution in [3.8, 4) is 0 Å². The third-order valence-corrected chi connectivity index (χ3v) is 2.49. The summed E-state index contributed by atoms with van der Waals surface area (Å²) in [5.41, 5.74) is 5.74. The van der Waals surface area contributed by atoms with Gasteiger partial charge >= 0.3 is 5.97 Å². The van der Waals surface area contributed by atoms with E-state index in [2.05, 4.69) is 5.16 Å². The molecule has 0 spiro atoms. The van der Waals surface area contributed by atoms with Gasteiger partial charge in [0, 0.05) is 5.02 Å². The van der Waals surface area contributed by atoms with Crippen molar-refractivity contribution >= 4 is 23.8 Å². The number of rotatable bonds is 2. The van der Waals surface area contributed by atoms with Crippen LogP contribution in [0.2, 0.25) is 5.02 Å². The molecule has 0 aromatic heterocycles. The second-order valence-corrected chi connectivity index (χ2v) is 5.42. The molecule has 0 amide bonds. The van der Waals surface area contributed by atoms with Gasteiger partial charge in [0.05, 0.1) is 6.21 Å². The number of nitrogens with two attached hydrogens (primary N) is 1. The monoisotopic (exact) mass is 286 g/mol. The van der Waals surface area contributed by atoms with Crippen molar-refractivity contribution < 1.29 is 15.1 Å². The summed E-state index contributed by atoms with van der Waals surface area (Å²) in [5, 5.41) is 20.0. The molecule has 0 fully saturated rings.